The maximum Gasteiger partial charge on any atom is 0.416 e. The van der Waals surface area contributed by atoms with Gasteiger partial charge in [0.2, 0.25) is 0 Å². The van der Waals surface area contributed by atoms with Crippen LogP contribution in [0.4, 0.5) is 13.2 Å². The molecule has 36 heavy (non-hydrogen) atoms. The first-order valence-corrected chi connectivity index (χ1v) is 12.2. The van der Waals surface area contributed by atoms with E-state index in [1.807, 2.05) is 49.4 Å². The molecule has 1 aliphatic rings. The number of halogens is 3. The van der Waals surface area contributed by atoms with Crippen molar-refractivity contribution in [1.82, 2.24) is 4.57 Å². The first-order chi connectivity index (χ1) is 17.2. The molecule has 8 heteroatoms. The monoisotopic (exact) mass is 509 g/mol. The van der Waals surface area contributed by atoms with E-state index in [1.54, 1.807) is 0 Å². The maximum absolute atomic E-state index is 13.3. The number of carbonyl (C=O) groups excluding carboxylic acids is 1. The van der Waals surface area contributed by atoms with Crippen molar-refractivity contribution in [2.24, 2.45) is 0 Å². The number of thioether (sulfide) groups is 1. The molecule has 2 heterocycles. The van der Waals surface area contributed by atoms with Crippen molar-refractivity contribution in [3.05, 3.63) is 99.8 Å². The van der Waals surface area contributed by atoms with E-state index < -0.39 is 23.8 Å². The van der Waals surface area contributed by atoms with Crippen LogP contribution >= 0.6 is 11.8 Å². The smallest absolute Gasteiger partial charge is 0.416 e. The summed E-state index contributed by atoms with van der Waals surface area (Å²) in [7, 11) is 1.27. The Morgan fingerprint density at radius 1 is 1.00 bits per heavy atom. The van der Waals surface area contributed by atoms with Gasteiger partial charge in [0.15, 0.2) is 0 Å². The number of methoxy groups -OCH3 is 1. The predicted octanol–water partition coefficient (Wildman–Crippen LogP) is 6.49. The van der Waals surface area contributed by atoms with Crippen LogP contribution in [0.1, 0.15) is 29.7 Å². The Bertz CT molecular complexity index is 1520. The van der Waals surface area contributed by atoms with E-state index in [1.165, 1.54) is 41.6 Å². The third-order valence-electron chi connectivity index (χ3n) is 6.51. The number of fused-ring (bicyclic) bond motifs is 2. The highest BCUT2D eigenvalue weighted by atomic mass is 32.2. The number of rotatable bonds is 4. The standard InChI is InChI=1S/C28H22F3NO3S/c1-16-25(27(34)35-2)32-23(33)15-20(14-19-8-5-7-17-6-3-4-9-22(17)19)24(26(32)36-16)18-10-12-21(13-11-18)28(29,30)31/h3-13,15-16,25H,14H2,1-2H3/t16-,25+/m1/s1. The average Bonchev–Trinajstić information content (AvgIpc) is 3.20. The zero-order chi connectivity index (χ0) is 25.6. The van der Waals surface area contributed by atoms with Gasteiger partial charge in [-0.25, -0.2) is 4.79 Å². The van der Waals surface area contributed by atoms with Gasteiger partial charge in [0.25, 0.3) is 5.56 Å². The Labute approximate surface area is 209 Å². The van der Waals surface area contributed by atoms with Crippen LogP contribution in [0.2, 0.25) is 0 Å². The Morgan fingerprint density at radius 3 is 2.39 bits per heavy atom. The molecule has 0 spiro atoms. The molecule has 184 valence electrons. The molecule has 3 aromatic carbocycles. The number of alkyl halides is 3. The van der Waals surface area contributed by atoms with Gasteiger partial charge in [-0.3, -0.25) is 9.36 Å². The number of esters is 1. The lowest BCUT2D eigenvalue weighted by atomic mass is 9.93. The summed E-state index contributed by atoms with van der Waals surface area (Å²) in [5.74, 6) is -0.531. The lowest BCUT2D eigenvalue weighted by molar-refractivity contribution is -0.144. The minimum Gasteiger partial charge on any atom is -0.467 e. The highest BCUT2D eigenvalue weighted by Gasteiger charge is 2.39. The van der Waals surface area contributed by atoms with Gasteiger partial charge in [0.1, 0.15) is 6.04 Å². The summed E-state index contributed by atoms with van der Waals surface area (Å²) in [5, 5.41) is 2.36. The third kappa shape index (κ3) is 4.19. The molecular weight excluding hydrogens is 487 g/mol. The average molecular weight is 510 g/mol. The second-order valence-electron chi connectivity index (χ2n) is 8.74. The van der Waals surface area contributed by atoms with Gasteiger partial charge in [-0.2, -0.15) is 13.2 Å². The van der Waals surface area contributed by atoms with Crippen LogP contribution in [-0.2, 0) is 22.1 Å². The van der Waals surface area contributed by atoms with Crippen molar-refractivity contribution >= 4 is 28.5 Å². The fraction of sp³-hybridized carbons (Fsp3) is 0.214. The van der Waals surface area contributed by atoms with Crippen molar-refractivity contribution in [2.75, 3.05) is 7.11 Å². The maximum atomic E-state index is 13.3. The molecule has 5 rings (SSSR count). The molecule has 1 aliphatic heterocycles. The molecule has 2 atom stereocenters. The quantitative estimate of drug-likeness (QED) is 0.295. The molecule has 0 saturated heterocycles. The zero-order valence-electron chi connectivity index (χ0n) is 19.5. The number of nitrogens with zero attached hydrogens (tertiary/aromatic N) is 1. The van der Waals surface area contributed by atoms with Gasteiger partial charge in [0.05, 0.1) is 17.7 Å². The van der Waals surface area contributed by atoms with Crippen LogP contribution in [0.25, 0.3) is 21.9 Å². The first-order valence-electron chi connectivity index (χ1n) is 11.4. The Morgan fingerprint density at radius 2 is 1.69 bits per heavy atom. The van der Waals surface area contributed by atoms with Gasteiger partial charge in [-0.1, -0.05) is 61.5 Å². The van der Waals surface area contributed by atoms with Crippen molar-refractivity contribution < 1.29 is 22.7 Å². The van der Waals surface area contributed by atoms with Gasteiger partial charge >= 0.3 is 12.1 Å². The number of hydrogen-bond donors (Lipinski definition) is 0. The van der Waals surface area contributed by atoms with Crippen molar-refractivity contribution in [1.29, 1.82) is 0 Å². The molecule has 0 aliphatic carbocycles. The normalized spacial score (nSPS) is 17.2. The highest BCUT2D eigenvalue weighted by molar-refractivity contribution is 8.00. The van der Waals surface area contributed by atoms with Crippen molar-refractivity contribution in [3.8, 4) is 11.1 Å². The summed E-state index contributed by atoms with van der Waals surface area (Å²) < 4.78 is 46.1. The third-order valence-corrected chi connectivity index (χ3v) is 7.77. The second-order valence-corrected chi connectivity index (χ2v) is 10.1. The van der Waals surface area contributed by atoms with E-state index in [-0.39, 0.29) is 10.8 Å². The number of pyridine rings is 1. The number of aromatic nitrogens is 1. The van der Waals surface area contributed by atoms with Crippen LogP contribution in [0.5, 0.6) is 0 Å². The molecule has 0 unspecified atom stereocenters. The molecular formula is C28H22F3NO3S. The molecule has 0 fully saturated rings. The molecule has 4 aromatic rings. The van der Waals surface area contributed by atoms with E-state index in [0.29, 0.717) is 28.1 Å². The van der Waals surface area contributed by atoms with E-state index in [2.05, 4.69) is 0 Å². The summed E-state index contributed by atoms with van der Waals surface area (Å²) in [6.07, 6.45) is -4.06. The lowest BCUT2D eigenvalue weighted by Gasteiger charge is -2.19. The Balaban J connectivity index is 1.73. The molecule has 0 amide bonds. The lowest BCUT2D eigenvalue weighted by Crippen LogP contribution is -2.32. The van der Waals surface area contributed by atoms with E-state index >= 15 is 0 Å². The van der Waals surface area contributed by atoms with Crippen LogP contribution in [0.15, 0.2) is 82.6 Å². The number of benzene rings is 3. The zero-order valence-corrected chi connectivity index (χ0v) is 20.3. The number of carbonyl (C=O) groups is 1. The largest absolute Gasteiger partial charge is 0.467 e. The minimum absolute atomic E-state index is 0.286. The summed E-state index contributed by atoms with van der Waals surface area (Å²) in [5.41, 5.74) is 1.79. The highest BCUT2D eigenvalue weighted by Crippen LogP contribution is 2.46. The fourth-order valence-corrected chi connectivity index (χ4v) is 6.22. The summed E-state index contributed by atoms with van der Waals surface area (Å²) in [6.45, 7) is 1.83. The fourth-order valence-electron chi connectivity index (χ4n) is 4.82. The summed E-state index contributed by atoms with van der Waals surface area (Å²) in [6, 6.07) is 19.4. The van der Waals surface area contributed by atoms with Crippen LogP contribution in [-0.4, -0.2) is 22.9 Å². The Hall–Kier alpha value is -3.52. The minimum atomic E-state index is -4.46. The molecule has 0 saturated carbocycles. The molecule has 0 radical (unpaired) electrons. The second kappa shape index (κ2) is 9.17. The van der Waals surface area contributed by atoms with Crippen LogP contribution in [0, 0.1) is 0 Å². The van der Waals surface area contributed by atoms with Gasteiger partial charge in [0, 0.05) is 16.9 Å². The van der Waals surface area contributed by atoms with Crippen LogP contribution in [0.3, 0.4) is 0 Å². The molecule has 1 aromatic heterocycles. The van der Waals surface area contributed by atoms with Gasteiger partial charge in [-0.05, 0) is 46.0 Å². The predicted molar refractivity (Wildman–Crippen MR) is 134 cm³/mol. The first kappa shape index (κ1) is 24.2. The SMILES string of the molecule is COC(=O)[C@@H]1[C@@H](C)Sc2c(-c3ccc(C(F)(F)F)cc3)c(Cc3cccc4ccccc34)cc(=O)n21. The summed E-state index contributed by atoms with van der Waals surface area (Å²) in [4.78, 5) is 25.9. The number of ether oxygens (including phenoxy) is 1. The van der Waals surface area contributed by atoms with E-state index in [0.717, 1.165) is 28.5 Å². The van der Waals surface area contributed by atoms with Gasteiger partial charge in [-0.15, -0.1) is 11.8 Å². The summed E-state index contributed by atoms with van der Waals surface area (Å²) >= 11 is 1.36. The molecule has 4 nitrogen and oxygen atoms in total. The number of hydrogen-bond acceptors (Lipinski definition) is 4. The van der Waals surface area contributed by atoms with Gasteiger partial charge < -0.3 is 4.74 Å². The van der Waals surface area contributed by atoms with E-state index in [4.69, 9.17) is 4.74 Å². The van der Waals surface area contributed by atoms with Crippen molar-refractivity contribution in [3.63, 3.8) is 0 Å². The molecule has 0 bridgehead atoms. The van der Waals surface area contributed by atoms with Crippen molar-refractivity contribution in [2.45, 2.75) is 35.8 Å². The van der Waals surface area contributed by atoms with Crippen LogP contribution < -0.4 is 5.56 Å². The Kier molecular flexibility index (Phi) is 6.16. The van der Waals surface area contributed by atoms with E-state index in [9.17, 15) is 22.8 Å². The molecule has 0 N–H and O–H groups in total. The topological polar surface area (TPSA) is 48.3 Å².